The fraction of sp³-hybridized carbons (Fsp3) is 0.226. The lowest BCUT2D eigenvalue weighted by molar-refractivity contribution is -0.266. The zero-order chi connectivity index (χ0) is 31.6. The highest BCUT2D eigenvalue weighted by molar-refractivity contribution is 6.30. The number of benzene rings is 3. The normalized spacial score (nSPS) is 14.9. The Morgan fingerprint density at radius 1 is 0.860 bits per heavy atom. The molecule has 3 aromatic carbocycles. The molecule has 0 radical (unpaired) electrons. The van der Waals surface area contributed by atoms with Gasteiger partial charge < -0.3 is 10.1 Å². The number of methoxy groups -OCH3 is 1. The van der Waals surface area contributed by atoms with Crippen LogP contribution in [0.25, 0.3) is 0 Å². The van der Waals surface area contributed by atoms with Gasteiger partial charge in [0.1, 0.15) is 11.4 Å². The Morgan fingerprint density at radius 3 is 2.02 bits per heavy atom. The SMILES string of the molecule is CO[C@](C(=O)N[C@@](Cc1ccc(C)cc1)(c1cc(F)cc(C(F)(F)F)c1)c1ccc(Cl)cn1)(c1ccccc1)C(F)(F)F. The molecule has 1 aromatic heterocycles. The van der Waals surface area contributed by atoms with Gasteiger partial charge in [-0.1, -0.05) is 71.8 Å². The molecule has 0 unspecified atom stereocenters. The summed E-state index contributed by atoms with van der Waals surface area (Å²) in [6.45, 7) is 1.78. The highest BCUT2D eigenvalue weighted by atomic mass is 35.5. The van der Waals surface area contributed by atoms with Gasteiger partial charge in [-0.25, -0.2) is 4.39 Å². The molecule has 0 bridgehead atoms. The summed E-state index contributed by atoms with van der Waals surface area (Å²) in [5, 5.41) is 2.42. The van der Waals surface area contributed by atoms with Gasteiger partial charge in [0.2, 0.25) is 0 Å². The van der Waals surface area contributed by atoms with Crippen LogP contribution in [0.2, 0.25) is 5.02 Å². The molecule has 12 heteroatoms. The van der Waals surface area contributed by atoms with Crippen molar-refractivity contribution >= 4 is 17.5 Å². The van der Waals surface area contributed by atoms with Crippen LogP contribution in [-0.2, 0) is 33.3 Å². The first-order chi connectivity index (χ1) is 20.1. The molecule has 43 heavy (non-hydrogen) atoms. The average Bonchev–Trinajstić information content (AvgIpc) is 2.94. The van der Waals surface area contributed by atoms with Gasteiger partial charge in [-0.15, -0.1) is 0 Å². The molecule has 0 fully saturated rings. The minimum atomic E-state index is -5.35. The van der Waals surface area contributed by atoms with Crippen molar-refractivity contribution in [3.63, 3.8) is 0 Å². The number of rotatable bonds is 8. The summed E-state index contributed by atoms with van der Waals surface area (Å²) in [5.74, 6) is -3.10. The van der Waals surface area contributed by atoms with E-state index in [1.165, 1.54) is 30.3 Å². The summed E-state index contributed by atoms with van der Waals surface area (Å²) < 4.78 is 106. The van der Waals surface area contributed by atoms with E-state index in [9.17, 15) is 35.5 Å². The number of aryl methyl sites for hydroxylation is 1. The van der Waals surface area contributed by atoms with Gasteiger partial charge in [0.25, 0.3) is 11.5 Å². The highest BCUT2D eigenvalue weighted by Gasteiger charge is 2.64. The van der Waals surface area contributed by atoms with Crippen molar-refractivity contribution in [3.05, 3.63) is 135 Å². The number of carbonyl (C=O) groups is 1. The molecule has 2 atom stereocenters. The first kappa shape index (κ1) is 32.0. The number of hydrogen-bond acceptors (Lipinski definition) is 3. The van der Waals surface area contributed by atoms with Crippen LogP contribution >= 0.6 is 11.6 Å². The number of nitrogens with one attached hydrogen (secondary N) is 1. The third kappa shape index (κ3) is 6.37. The summed E-state index contributed by atoms with van der Waals surface area (Å²) >= 11 is 6.01. The van der Waals surface area contributed by atoms with E-state index in [0.717, 1.165) is 23.9 Å². The Morgan fingerprint density at radius 2 is 1.49 bits per heavy atom. The molecule has 0 aliphatic carbocycles. The molecule has 4 rings (SSSR count). The van der Waals surface area contributed by atoms with Gasteiger partial charge in [-0.2, -0.15) is 26.3 Å². The third-order valence-corrected chi connectivity index (χ3v) is 7.23. The van der Waals surface area contributed by atoms with E-state index in [-0.39, 0.29) is 16.8 Å². The van der Waals surface area contributed by atoms with Gasteiger partial charge in [0.15, 0.2) is 0 Å². The fourth-order valence-corrected chi connectivity index (χ4v) is 4.98. The van der Waals surface area contributed by atoms with Crippen molar-refractivity contribution < 1.29 is 40.3 Å². The third-order valence-electron chi connectivity index (χ3n) is 7.00. The van der Waals surface area contributed by atoms with Crippen molar-refractivity contribution in [2.24, 2.45) is 0 Å². The monoisotopic (exact) mass is 624 g/mol. The van der Waals surface area contributed by atoms with E-state index in [0.29, 0.717) is 24.8 Å². The molecule has 0 saturated carbocycles. The molecule has 4 nitrogen and oxygen atoms in total. The van der Waals surface area contributed by atoms with E-state index in [1.54, 1.807) is 31.2 Å². The second-order valence-electron chi connectivity index (χ2n) is 9.86. The molecule has 0 aliphatic rings. The van der Waals surface area contributed by atoms with E-state index in [4.69, 9.17) is 16.3 Å². The number of alkyl halides is 6. The van der Waals surface area contributed by atoms with Gasteiger partial charge >= 0.3 is 12.4 Å². The van der Waals surface area contributed by atoms with Crippen LogP contribution in [0.4, 0.5) is 30.7 Å². The summed E-state index contributed by atoms with van der Waals surface area (Å²) in [6.07, 6.45) is -9.70. The van der Waals surface area contributed by atoms with Crippen LogP contribution in [0.5, 0.6) is 0 Å². The van der Waals surface area contributed by atoms with E-state index in [2.05, 4.69) is 10.3 Å². The summed E-state index contributed by atoms with van der Waals surface area (Å²) in [5.41, 5.74) is -7.43. The van der Waals surface area contributed by atoms with E-state index >= 15 is 0 Å². The second-order valence-corrected chi connectivity index (χ2v) is 10.3. The lowest BCUT2D eigenvalue weighted by atomic mass is 9.78. The van der Waals surface area contributed by atoms with Gasteiger partial charge in [0, 0.05) is 25.3 Å². The molecular weight excluding hydrogens is 601 g/mol. The number of halogens is 8. The van der Waals surface area contributed by atoms with E-state index < -0.39 is 58.3 Å². The fourth-order valence-electron chi connectivity index (χ4n) is 4.87. The Balaban J connectivity index is 2.06. The standard InChI is InChI=1S/C31H24ClF7N2O2/c1-19-8-10-20(11-9-19)17-28(26-13-12-24(32)18-40-26,22-14-23(30(34,35)36)16-25(33)15-22)41-27(42)29(43-2,31(37,38)39)21-6-4-3-5-7-21/h3-16,18H,17H2,1-2H3,(H,41,42)/t28-,29-/m0/s1. The Labute approximate surface area is 247 Å². The molecule has 1 N–H and O–H groups in total. The van der Waals surface area contributed by atoms with Gasteiger partial charge in [-0.3, -0.25) is 9.78 Å². The maximum Gasteiger partial charge on any atom is 0.430 e. The summed E-state index contributed by atoms with van der Waals surface area (Å²) in [7, 11) is 0.687. The maximum absolute atomic E-state index is 14.9. The molecule has 226 valence electrons. The highest BCUT2D eigenvalue weighted by Crippen LogP contribution is 2.44. The smallest absolute Gasteiger partial charge is 0.356 e. The minimum absolute atomic E-state index is 0.0975. The number of nitrogens with zero attached hydrogens (tertiary/aromatic N) is 1. The van der Waals surface area contributed by atoms with Crippen molar-refractivity contribution in [1.29, 1.82) is 0 Å². The van der Waals surface area contributed by atoms with Crippen LogP contribution in [0.15, 0.2) is 91.1 Å². The number of carbonyl (C=O) groups excluding carboxylic acids is 1. The molecular formula is C31H24ClF7N2O2. The Hall–Kier alpha value is -3.96. The quantitative estimate of drug-likeness (QED) is 0.203. The van der Waals surface area contributed by atoms with Crippen LogP contribution in [0.3, 0.4) is 0 Å². The number of amides is 1. The van der Waals surface area contributed by atoms with Crippen LogP contribution < -0.4 is 5.32 Å². The van der Waals surface area contributed by atoms with Crippen molar-refractivity contribution in [2.75, 3.05) is 7.11 Å². The molecule has 0 saturated heterocycles. The summed E-state index contributed by atoms with van der Waals surface area (Å²) in [4.78, 5) is 18.2. The lowest BCUT2D eigenvalue weighted by Gasteiger charge is -2.40. The van der Waals surface area contributed by atoms with Crippen LogP contribution in [0.1, 0.15) is 33.5 Å². The molecule has 1 amide bonds. The average molecular weight is 625 g/mol. The van der Waals surface area contributed by atoms with Crippen molar-refractivity contribution in [2.45, 2.75) is 36.8 Å². The first-order valence-corrected chi connectivity index (χ1v) is 13.1. The van der Waals surface area contributed by atoms with Gasteiger partial charge in [0.05, 0.1) is 16.3 Å². The largest absolute Gasteiger partial charge is 0.430 e. The Kier molecular flexibility index (Phi) is 8.90. The number of aromatic nitrogens is 1. The number of hydrogen-bond donors (Lipinski definition) is 1. The van der Waals surface area contributed by atoms with Crippen LogP contribution in [-0.4, -0.2) is 24.2 Å². The summed E-state index contributed by atoms with van der Waals surface area (Å²) in [6, 6.07) is 16.6. The van der Waals surface area contributed by atoms with Crippen molar-refractivity contribution in [3.8, 4) is 0 Å². The minimum Gasteiger partial charge on any atom is -0.356 e. The van der Waals surface area contributed by atoms with Gasteiger partial charge in [-0.05, 0) is 48.4 Å². The first-order valence-electron chi connectivity index (χ1n) is 12.7. The van der Waals surface area contributed by atoms with Crippen LogP contribution in [0, 0.1) is 12.7 Å². The number of ether oxygens (including phenoxy) is 1. The van der Waals surface area contributed by atoms with Crippen molar-refractivity contribution in [1.82, 2.24) is 10.3 Å². The predicted octanol–water partition coefficient (Wildman–Crippen LogP) is 7.91. The molecule has 0 aliphatic heterocycles. The zero-order valence-corrected chi connectivity index (χ0v) is 23.4. The number of pyridine rings is 1. The lowest BCUT2D eigenvalue weighted by Crippen LogP contribution is -2.61. The molecule has 4 aromatic rings. The second kappa shape index (κ2) is 12.0. The molecule has 0 spiro atoms. The maximum atomic E-state index is 14.9. The predicted molar refractivity (Wildman–Crippen MR) is 146 cm³/mol. The zero-order valence-electron chi connectivity index (χ0n) is 22.7. The molecule has 1 heterocycles. The van der Waals surface area contributed by atoms with E-state index in [1.807, 2.05) is 0 Å². The topological polar surface area (TPSA) is 51.2 Å². The Bertz CT molecular complexity index is 1580.